The number of carbonyl (C=O) groups excluding carboxylic acids is 4. The van der Waals surface area contributed by atoms with E-state index in [9.17, 15) is 37.5 Å². The van der Waals surface area contributed by atoms with Gasteiger partial charge in [-0.1, -0.05) is 11.2 Å². The van der Waals surface area contributed by atoms with Crippen molar-refractivity contribution in [2.45, 2.75) is 43.1 Å². The van der Waals surface area contributed by atoms with E-state index in [4.69, 9.17) is 4.84 Å². The van der Waals surface area contributed by atoms with Crippen molar-refractivity contribution in [3.8, 4) is 0 Å². The van der Waals surface area contributed by atoms with Crippen LogP contribution in [0.3, 0.4) is 0 Å². The fourth-order valence-electron chi connectivity index (χ4n) is 4.21. The van der Waals surface area contributed by atoms with E-state index in [0.717, 1.165) is 12.0 Å². The molecule has 220 valence electrons. The molecule has 0 radical (unpaired) electrons. The highest BCUT2D eigenvalue weighted by molar-refractivity contribution is 8.00. The third-order valence-electron chi connectivity index (χ3n) is 6.33. The molecule has 1 aliphatic carbocycles. The third kappa shape index (κ3) is 6.46. The standard InChI is InChI=1S/C25H21F3N6O6S2/c26-25(27,28)23(39)31-24-29-16(12-42-24)17(32-40-15-3-1-2-4-15)19(35)30-18-20(36)34-10-13(11-41-21(18)34)9-33-7-5-14(6-8-33)22(37)38/h1,3,5-8,10,12,15,18,21H,2,4,9,11H2,(H2-,29,30,31,35,37,38,39)/t15?,18?,21-/m0/s1. The minimum atomic E-state index is -5.12. The molecule has 2 unspecified atom stereocenters. The van der Waals surface area contributed by atoms with Crippen LogP contribution in [0.1, 0.15) is 28.9 Å². The van der Waals surface area contributed by atoms with Crippen molar-refractivity contribution < 1.29 is 46.9 Å². The molecular weight excluding hydrogens is 601 g/mol. The zero-order chi connectivity index (χ0) is 30.0. The highest BCUT2D eigenvalue weighted by atomic mass is 32.2. The Hall–Kier alpha value is -4.25. The molecule has 0 saturated carbocycles. The summed E-state index contributed by atoms with van der Waals surface area (Å²) in [5, 5.41) is 19.5. The number of halogens is 3. The van der Waals surface area contributed by atoms with Crippen LogP contribution in [0, 0.1) is 0 Å². The minimum absolute atomic E-state index is 0.0442. The summed E-state index contributed by atoms with van der Waals surface area (Å²) < 4.78 is 39.7. The molecule has 1 saturated heterocycles. The Morgan fingerprint density at radius 2 is 2.02 bits per heavy atom. The van der Waals surface area contributed by atoms with E-state index in [1.165, 1.54) is 34.2 Å². The Labute approximate surface area is 243 Å². The maximum atomic E-state index is 13.3. The average molecular weight is 623 g/mol. The van der Waals surface area contributed by atoms with Crippen LogP contribution < -0.4 is 20.3 Å². The van der Waals surface area contributed by atoms with E-state index in [1.54, 1.807) is 34.6 Å². The number of fused-ring (bicyclic) bond motifs is 1. The minimum Gasteiger partial charge on any atom is -0.545 e. The summed E-state index contributed by atoms with van der Waals surface area (Å²) in [6.45, 7) is 0.411. The number of alkyl halides is 3. The van der Waals surface area contributed by atoms with E-state index >= 15 is 0 Å². The number of carbonyl (C=O) groups is 4. The summed E-state index contributed by atoms with van der Waals surface area (Å²) in [5.41, 5.74) is 0.430. The lowest BCUT2D eigenvalue weighted by molar-refractivity contribution is -0.689. The number of nitrogens with one attached hydrogen (secondary N) is 2. The van der Waals surface area contributed by atoms with Gasteiger partial charge >= 0.3 is 12.1 Å². The molecule has 0 bridgehead atoms. The topological polar surface area (TPSA) is 157 Å². The van der Waals surface area contributed by atoms with Gasteiger partial charge in [0.1, 0.15) is 23.2 Å². The molecule has 2 aliphatic heterocycles. The summed E-state index contributed by atoms with van der Waals surface area (Å²) in [4.78, 5) is 59.2. The molecule has 2 aromatic heterocycles. The van der Waals surface area contributed by atoms with Crippen LogP contribution in [0.25, 0.3) is 0 Å². The smallest absolute Gasteiger partial charge is 0.471 e. The summed E-state index contributed by atoms with van der Waals surface area (Å²) in [5.74, 6) is -4.18. The Morgan fingerprint density at radius 1 is 1.26 bits per heavy atom. The number of thiazole rings is 1. The van der Waals surface area contributed by atoms with Gasteiger partial charge in [0.25, 0.3) is 11.8 Å². The van der Waals surface area contributed by atoms with Gasteiger partial charge in [0.15, 0.2) is 29.8 Å². The zero-order valence-electron chi connectivity index (χ0n) is 21.4. The van der Waals surface area contributed by atoms with Crippen LogP contribution in [0.5, 0.6) is 0 Å². The summed E-state index contributed by atoms with van der Waals surface area (Å²) >= 11 is 2.08. The number of nitrogens with zero attached hydrogens (tertiary/aromatic N) is 4. The molecule has 42 heavy (non-hydrogen) atoms. The lowest BCUT2D eigenvalue weighted by atomic mass is 10.1. The lowest BCUT2D eigenvalue weighted by Crippen LogP contribution is -2.69. The first-order valence-corrected chi connectivity index (χ1v) is 14.3. The number of aromatic carboxylic acids is 1. The molecule has 17 heteroatoms. The Kier molecular flexibility index (Phi) is 8.31. The first-order valence-electron chi connectivity index (χ1n) is 12.4. The molecular formula is C25H21F3N6O6S2. The predicted molar refractivity (Wildman–Crippen MR) is 141 cm³/mol. The van der Waals surface area contributed by atoms with Gasteiger partial charge in [0.2, 0.25) is 0 Å². The Bertz CT molecular complexity index is 1510. The van der Waals surface area contributed by atoms with Crippen molar-refractivity contribution in [3.05, 3.63) is 65.1 Å². The highest BCUT2D eigenvalue weighted by Gasteiger charge is 2.50. The molecule has 2 aromatic rings. The highest BCUT2D eigenvalue weighted by Crippen LogP contribution is 2.36. The van der Waals surface area contributed by atoms with Crippen molar-refractivity contribution in [1.82, 2.24) is 15.2 Å². The summed E-state index contributed by atoms with van der Waals surface area (Å²) in [7, 11) is 0. The van der Waals surface area contributed by atoms with E-state index in [0.29, 0.717) is 30.1 Å². The molecule has 4 heterocycles. The normalized spacial score (nSPS) is 21.7. The molecule has 0 aromatic carbocycles. The molecule has 0 spiro atoms. The zero-order valence-corrected chi connectivity index (χ0v) is 23.0. The quantitative estimate of drug-likeness (QED) is 0.136. The van der Waals surface area contributed by atoms with Crippen LogP contribution in [0.2, 0.25) is 0 Å². The number of thioether (sulfide) groups is 1. The van der Waals surface area contributed by atoms with Gasteiger partial charge in [0.05, 0.1) is 5.97 Å². The number of pyridine rings is 1. The van der Waals surface area contributed by atoms with Crippen LogP contribution in [-0.2, 0) is 25.8 Å². The number of hydrogen-bond donors (Lipinski definition) is 2. The van der Waals surface area contributed by atoms with Gasteiger partial charge in [-0.15, -0.1) is 23.1 Å². The monoisotopic (exact) mass is 622 g/mol. The number of oxime groups is 1. The number of carboxylic acid groups (broad SMARTS) is 1. The van der Waals surface area contributed by atoms with E-state index in [-0.39, 0.29) is 22.9 Å². The van der Waals surface area contributed by atoms with E-state index in [2.05, 4.69) is 15.5 Å². The first-order chi connectivity index (χ1) is 20.0. The summed E-state index contributed by atoms with van der Waals surface area (Å²) in [6.07, 6.45) is 4.32. The number of amides is 3. The van der Waals surface area contributed by atoms with Crippen molar-refractivity contribution in [3.63, 3.8) is 0 Å². The van der Waals surface area contributed by atoms with Gasteiger partial charge in [0, 0.05) is 40.6 Å². The van der Waals surface area contributed by atoms with Crippen molar-refractivity contribution in [2.24, 2.45) is 5.16 Å². The number of allylic oxidation sites excluding steroid dienone is 1. The predicted octanol–water partition coefficient (Wildman–Crippen LogP) is 0.718. The number of β-lactam (4-membered cyclic amide) rings is 1. The fourth-order valence-corrected chi connectivity index (χ4v) is 6.16. The lowest BCUT2D eigenvalue weighted by Gasteiger charge is -2.47. The van der Waals surface area contributed by atoms with Crippen molar-refractivity contribution in [2.75, 3.05) is 11.1 Å². The molecule has 3 aliphatic rings. The molecule has 3 atom stereocenters. The number of carboxylic acids is 1. The number of aromatic nitrogens is 2. The van der Waals surface area contributed by atoms with E-state index in [1.807, 2.05) is 6.08 Å². The van der Waals surface area contributed by atoms with Crippen LogP contribution in [-0.4, -0.2) is 68.7 Å². The Morgan fingerprint density at radius 3 is 2.69 bits per heavy atom. The maximum Gasteiger partial charge on any atom is 0.471 e. The van der Waals surface area contributed by atoms with Crippen molar-refractivity contribution in [1.29, 1.82) is 0 Å². The van der Waals surface area contributed by atoms with E-state index < -0.39 is 46.6 Å². The second-order valence-corrected chi connectivity index (χ2v) is 11.3. The van der Waals surface area contributed by atoms with Gasteiger partial charge in [-0.2, -0.15) is 13.2 Å². The second kappa shape index (κ2) is 11.9. The third-order valence-corrected chi connectivity index (χ3v) is 8.46. The largest absolute Gasteiger partial charge is 0.545 e. The number of hydrogen-bond acceptors (Lipinski definition) is 10. The number of rotatable bonds is 9. The average Bonchev–Trinajstić information content (AvgIpc) is 3.64. The van der Waals surface area contributed by atoms with Gasteiger partial charge in [-0.3, -0.25) is 19.7 Å². The molecule has 3 amide bonds. The molecule has 12 nitrogen and oxygen atoms in total. The van der Waals surface area contributed by atoms with Crippen molar-refractivity contribution >= 4 is 57.6 Å². The first kappa shape index (κ1) is 29.2. The second-order valence-electron chi connectivity index (χ2n) is 9.31. The van der Waals surface area contributed by atoms with Gasteiger partial charge < -0.3 is 25.0 Å². The number of anilines is 1. The molecule has 5 rings (SSSR count). The maximum absolute atomic E-state index is 13.3. The SMILES string of the molecule is O=C(NC1C(=O)N2C=C(C[n+]3ccc(C(=O)[O-])cc3)CS[C@@H]12)C(=NOC1C=CCC1)c1csc(NC(=O)C(F)(F)F)n1. The van der Waals surface area contributed by atoms with Gasteiger partial charge in [-0.25, -0.2) is 9.55 Å². The fraction of sp³-hybridized carbons (Fsp3) is 0.320. The van der Waals surface area contributed by atoms with Crippen LogP contribution in [0.4, 0.5) is 18.3 Å². The molecule has 1 fully saturated rings. The molecule has 2 N–H and O–H groups in total. The van der Waals surface area contributed by atoms with Crippen LogP contribution >= 0.6 is 23.1 Å². The van der Waals surface area contributed by atoms with Crippen LogP contribution in [0.15, 0.2) is 59.0 Å². The Balaban J connectivity index is 1.26. The van der Waals surface area contributed by atoms with Gasteiger partial charge in [-0.05, 0) is 18.9 Å². The summed E-state index contributed by atoms with van der Waals surface area (Å²) in [6, 6.07) is 1.92.